The summed E-state index contributed by atoms with van der Waals surface area (Å²) in [6, 6.07) is 10.0. The number of aromatic nitrogens is 2. The van der Waals surface area contributed by atoms with Gasteiger partial charge in [-0.1, -0.05) is 18.2 Å². The quantitative estimate of drug-likeness (QED) is 0.753. The van der Waals surface area contributed by atoms with E-state index in [9.17, 15) is 0 Å². The van der Waals surface area contributed by atoms with Gasteiger partial charge in [-0.15, -0.1) is 0 Å². The van der Waals surface area contributed by atoms with E-state index < -0.39 is 0 Å². The Hall–Kier alpha value is -2.19. The number of hydrogen-bond donors (Lipinski definition) is 0. The standard InChI is InChI=1S/C13H12N4O/c14-7-10-9-17(5-6-18-10)13-8-15-16-12-4-2-1-3-11(12)13/h1-4,8,10H,5-6,9H2. The zero-order valence-corrected chi connectivity index (χ0v) is 9.78. The van der Waals surface area contributed by atoms with Gasteiger partial charge < -0.3 is 9.64 Å². The van der Waals surface area contributed by atoms with Gasteiger partial charge in [0, 0.05) is 11.9 Å². The van der Waals surface area contributed by atoms with Gasteiger partial charge in [0.1, 0.15) is 0 Å². The Kier molecular flexibility index (Phi) is 2.79. The molecule has 2 heterocycles. The second kappa shape index (κ2) is 4.59. The van der Waals surface area contributed by atoms with Crippen LogP contribution in [-0.4, -0.2) is 36.0 Å². The van der Waals surface area contributed by atoms with Crippen LogP contribution in [0.25, 0.3) is 10.9 Å². The lowest BCUT2D eigenvalue weighted by atomic mass is 10.1. The van der Waals surface area contributed by atoms with Gasteiger partial charge in [-0.2, -0.15) is 15.5 Å². The van der Waals surface area contributed by atoms with E-state index in [0.29, 0.717) is 13.2 Å². The number of fused-ring (bicyclic) bond motifs is 1. The Morgan fingerprint density at radius 1 is 1.39 bits per heavy atom. The van der Waals surface area contributed by atoms with E-state index >= 15 is 0 Å². The molecule has 0 saturated carbocycles. The van der Waals surface area contributed by atoms with Crippen molar-refractivity contribution in [3.8, 4) is 6.07 Å². The van der Waals surface area contributed by atoms with Gasteiger partial charge in [0.15, 0.2) is 6.10 Å². The number of ether oxygens (including phenoxy) is 1. The Bertz CT molecular complexity index is 602. The summed E-state index contributed by atoms with van der Waals surface area (Å²) in [6.07, 6.45) is 1.38. The minimum atomic E-state index is -0.370. The number of nitriles is 1. The molecule has 1 aromatic heterocycles. The molecule has 1 aliphatic rings. The maximum absolute atomic E-state index is 8.94. The van der Waals surface area contributed by atoms with Crippen LogP contribution in [0, 0.1) is 11.3 Å². The SMILES string of the molecule is N#CC1CN(c2cnnc3ccccc23)CCO1. The zero-order valence-electron chi connectivity index (χ0n) is 9.78. The maximum Gasteiger partial charge on any atom is 0.161 e. The van der Waals surface area contributed by atoms with Crippen LogP contribution < -0.4 is 4.90 Å². The fourth-order valence-corrected chi connectivity index (χ4v) is 2.19. The number of hydrogen-bond acceptors (Lipinski definition) is 5. The Labute approximate surface area is 105 Å². The number of rotatable bonds is 1. The molecular formula is C13H12N4O. The molecule has 1 aromatic carbocycles. The molecular weight excluding hydrogens is 228 g/mol. The van der Waals surface area contributed by atoms with Crippen LogP contribution in [-0.2, 0) is 4.74 Å². The average molecular weight is 240 g/mol. The lowest BCUT2D eigenvalue weighted by Crippen LogP contribution is -2.42. The summed E-state index contributed by atoms with van der Waals surface area (Å²) in [5.41, 5.74) is 1.89. The molecule has 2 aromatic rings. The first kappa shape index (κ1) is 10.9. The molecule has 1 unspecified atom stereocenters. The molecule has 1 fully saturated rings. The first-order chi connectivity index (χ1) is 8.88. The van der Waals surface area contributed by atoms with Crippen molar-refractivity contribution < 1.29 is 4.74 Å². The van der Waals surface area contributed by atoms with Crippen molar-refractivity contribution in [1.29, 1.82) is 5.26 Å². The predicted octanol–water partition coefficient (Wildman–Crippen LogP) is 1.36. The van der Waals surface area contributed by atoms with E-state index in [2.05, 4.69) is 21.2 Å². The average Bonchev–Trinajstić information content (AvgIpc) is 2.47. The van der Waals surface area contributed by atoms with E-state index in [-0.39, 0.29) is 6.10 Å². The molecule has 5 heteroatoms. The van der Waals surface area contributed by atoms with Crippen molar-refractivity contribution in [3.63, 3.8) is 0 Å². The van der Waals surface area contributed by atoms with Gasteiger partial charge in [-0.25, -0.2) is 0 Å². The van der Waals surface area contributed by atoms with E-state index in [0.717, 1.165) is 23.1 Å². The van der Waals surface area contributed by atoms with Gasteiger partial charge >= 0.3 is 0 Å². The number of nitrogens with zero attached hydrogens (tertiary/aromatic N) is 4. The summed E-state index contributed by atoms with van der Waals surface area (Å²) in [7, 11) is 0. The van der Waals surface area contributed by atoms with E-state index in [1.165, 1.54) is 0 Å². The molecule has 0 aliphatic carbocycles. The van der Waals surface area contributed by atoms with E-state index in [4.69, 9.17) is 10.00 Å². The van der Waals surface area contributed by atoms with Crippen molar-refractivity contribution in [3.05, 3.63) is 30.5 Å². The minimum absolute atomic E-state index is 0.370. The molecule has 0 radical (unpaired) electrons. The molecule has 0 N–H and O–H groups in total. The Morgan fingerprint density at radius 2 is 2.28 bits per heavy atom. The smallest absolute Gasteiger partial charge is 0.161 e. The summed E-state index contributed by atoms with van der Waals surface area (Å²) in [6.45, 7) is 1.91. The Morgan fingerprint density at radius 3 is 3.17 bits per heavy atom. The maximum atomic E-state index is 8.94. The highest BCUT2D eigenvalue weighted by Gasteiger charge is 2.21. The number of morpholine rings is 1. The topological polar surface area (TPSA) is 62.0 Å². The van der Waals surface area contributed by atoms with Crippen LogP contribution in [0.3, 0.4) is 0 Å². The van der Waals surface area contributed by atoms with Gasteiger partial charge in [-0.3, -0.25) is 0 Å². The van der Waals surface area contributed by atoms with Crippen LogP contribution in [0.5, 0.6) is 0 Å². The monoisotopic (exact) mass is 240 g/mol. The third-order valence-electron chi connectivity index (χ3n) is 3.08. The molecule has 5 nitrogen and oxygen atoms in total. The fourth-order valence-electron chi connectivity index (χ4n) is 2.19. The highest BCUT2D eigenvalue weighted by molar-refractivity contribution is 5.90. The van der Waals surface area contributed by atoms with Crippen molar-refractivity contribution in [2.75, 3.05) is 24.6 Å². The van der Waals surface area contributed by atoms with Gasteiger partial charge in [0.25, 0.3) is 0 Å². The van der Waals surface area contributed by atoms with Gasteiger partial charge in [0.2, 0.25) is 0 Å². The predicted molar refractivity (Wildman–Crippen MR) is 67.1 cm³/mol. The lowest BCUT2D eigenvalue weighted by molar-refractivity contribution is 0.0765. The lowest BCUT2D eigenvalue weighted by Gasteiger charge is -2.31. The van der Waals surface area contributed by atoms with Crippen LogP contribution in [0.1, 0.15) is 0 Å². The third kappa shape index (κ3) is 1.87. The minimum Gasteiger partial charge on any atom is -0.364 e. The summed E-state index contributed by atoms with van der Waals surface area (Å²) < 4.78 is 5.35. The van der Waals surface area contributed by atoms with Gasteiger partial charge in [-0.05, 0) is 6.07 Å². The molecule has 90 valence electrons. The van der Waals surface area contributed by atoms with Crippen molar-refractivity contribution in [2.24, 2.45) is 0 Å². The molecule has 0 spiro atoms. The second-order valence-electron chi connectivity index (χ2n) is 4.18. The highest BCUT2D eigenvalue weighted by Crippen LogP contribution is 2.25. The van der Waals surface area contributed by atoms with Crippen LogP contribution in [0.2, 0.25) is 0 Å². The first-order valence-corrected chi connectivity index (χ1v) is 5.85. The van der Waals surface area contributed by atoms with Gasteiger partial charge in [0.05, 0.1) is 36.6 Å². The summed E-state index contributed by atoms with van der Waals surface area (Å²) in [5.74, 6) is 0. The van der Waals surface area contributed by atoms with E-state index in [1.54, 1.807) is 6.20 Å². The molecule has 3 rings (SSSR count). The number of benzene rings is 1. The summed E-state index contributed by atoms with van der Waals surface area (Å²) >= 11 is 0. The normalized spacial score (nSPS) is 19.7. The van der Waals surface area contributed by atoms with E-state index in [1.807, 2.05) is 24.3 Å². The van der Waals surface area contributed by atoms with Crippen molar-refractivity contribution >= 4 is 16.6 Å². The number of anilines is 1. The third-order valence-corrected chi connectivity index (χ3v) is 3.08. The van der Waals surface area contributed by atoms with Crippen LogP contribution >= 0.6 is 0 Å². The van der Waals surface area contributed by atoms with Crippen molar-refractivity contribution in [2.45, 2.75) is 6.10 Å². The second-order valence-corrected chi connectivity index (χ2v) is 4.18. The van der Waals surface area contributed by atoms with Crippen LogP contribution in [0.4, 0.5) is 5.69 Å². The molecule has 18 heavy (non-hydrogen) atoms. The van der Waals surface area contributed by atoms with Crippen LogP contribution in [0.15, 0.2) is 30.5 Å². The summed E-state index contributed by atoms with van der Waals surface area (Å²) in [4.78, 5) is 2.13. The fraction of sp³-hybridized carbons (Fsp3) is 0.308. The highest BCUT2D eigenvalue weighted by atomic mass is 16.5. The molecule has 0 bridgehead atoms. The molecule has 1 atom stereocenters. The zero-order chi connectivity index (χ0) is 12.4. The largest absolute Gasteiger partial charge is 0.364 e. The molecule has 1 saturated heterocycles. The molecule has 1 aliphatic heterocycles. The molecule has 0 amide bonds. The first-order valence-electron chi connectivity index (χ1n) is 5.85. The summed E-state index contributed by atoms with van der Waals surface area (Å²) in [5, 5.41) is 18.1. The Balaban J connectivity index is 2.01. The van der Waals surface area contributed by atoms with Crippen molar-refractivity contribution in [1.82, 2.24) is 10.2 Å².